The number of rotatable bonds is 6. The number of carboxylic acids is 1. The number of hydrogen-bond donors (Lipinski definition) is 2. The number of aliphatic carboxylic acids is 1. The summed E-state index contributed by atoms with van der Waals surface area (Å²) in [5.41, 5.74) is 2.86. The van der Waals surface area contributed by atoms with E-state index in [1.165, 1.54) is 0 Å². The average molecular weight is 458 g/mol. The van der Waals surface area contributed by atoms with Crippen LogP contribution in [0.15, 0.2) is 29.4 Å². The minimum absolute atomic E-state index is 0.0142. The van der Waals surface area contributed by atoms with Crippen LogP contribution in [0.3, 0.4) is 0 Å². The van der Waals surface area contributed by atoms with Crippen LogP contribution in [-0.4, -0.2) is 108 Å². The number of carbonyl (C=O) groups is 1. The second kappa shape index (κ2) is 10.6. The lowest BCUT2D eigenvalue weighted by Gasteiger charge is -2.36. The van der Waals surface area contributed by atoms with E-state index in [0.29, 0.717) is 5.84 Å². The lowest BCUT2D eigenvalue weighted by molar-refractivity contribution is -0.138. The summed E-state index contributed by atoms with van der Waals surface area (Å²) in [5.74, 6) is -0.236. The highest BCUT2D eigenvalue weighted by Gasteiger charge is 2.27. The predicted molar refractivity (Wildman–Crippen MR) is 126 cm³/mol. The number of ether oxygens (including phenoxy) is 1. The van der Waals surface area contributed by atoms with Crippen molar-refractivity contribution in [1.82, 2.24) is 14.7 Å². The van der Waals surface area contributed by atoms with E-state index in [2.05, 4.69) is 15.0 Å². The van der Waals surface area contributed by atoms with Crippen LogP contribution in [0.5, 0.6) is 0 Å². The van der Waals surface area contributed by atoms with Crippen LogP contribution < -0.4 is 0 Å². The van der Waals surface area contributed by atoms with E-state index < -0.39 is 5.97 Å². The number of morpholine rings is 1. The van der Waals surface area contributed by atoms with Gasteiger partial charge in [-0.25, -0.2) is 0 Å². The molecule has 0 spiro atoms. The Bertz CT molecular complexity index is 864. The first-order chi connectivity index (χ1) is 15.9. The second-order valence-electron chi connectivity index (χ2n) is 9.38. The number of carboxylic acid groups (broad SMARTS) is 1. The molecule has 33 heavy (non-hydrogen) atoms. The first kappa shape index (κ1) is 23.7. The van der Waals surface area contributed by atoms with E-state index >= 15 is 0 Å². The van der Waals surface area contributed by atoms with Crippen LogP contribution in [0.1, 0.15) is 37.8 Å². The fraction of sp³-hybridized carbons (Fsp3) is 0.625. The van der Waals surface area contributed by atoms with Gasteiger partial charge in [-0.3, -0.25) is 20.0 Å². The van der Waals surface area contributed by atoms with Crippen molar-refractivity contribution in [1.29, 1.82) is 5.41 Å². The van der Waals surface area contributed by atoms with Crippen molar-refractivity contribution >= 4 is 17.5 Å². The van der Waals surface area contributed by atoms with Gasteiger partial charge in [0.2, 0.25) is 0 Å². The van der Waals surface area contributed by atoms with Crippen molar-refractivity contribution < 1.29 is 19.5 Å². The Labute approximate surface area is 195 Å². The van der Waals surface area contributed by atoms with E-state index in [4.69, 9.17) is 20.1 Å². The zero-order valence-corrected chi connectivity index (χ0v) is 19.6. The maximum atomic E-state index is 11.0. The summed E-state index contributed by atoms with van der Waals surface area (Å²) in [6.45, 7) is 9.84. The Morgan fingerprint density at radius 1 is 1.09 bits per heavy atom. The Morgan fingerprint density at radius 2 is 1.76 bits per heavy atom. The van der Waals surface area contributed by atoms with Gasteiger partial charge in [0, 0.05) is 51.3 Å². The summed E-state index contributed by atoms with van der Waals surface area (Å²) in [6.07, 6.45) is 1.98. The predicted octanol–water partition coefficient (Wildman–Crippen LogP) is 1.71. The normalized spacial score (nSPS) is 27.0. The van der Waals surface area contributed by atoms with E-state index in [-0.39, 0.29) is 24.9 Å². The summed E-state index contributed by atoms with van der Waals surface area (Å²) in [5, 5.41) is 22.0. The third-order valence-electron chi connectivity index (χ3n) is 6.46. The molecule has 0 bridgehead atoms. The molecule has 1 aromatic rings. The molecule has 2 N–H and O–H groups in total. The van der Waals surface area contributed by atoms with Gasteiger partial charge in [0.15, 0.2) is 0 Å². The van der Waals surface area contributed by atoms with Gasteiger partial charge in [-0.15, -0.1) is 0 Å². The number of nitrogens with zero attached hydrogens (tertiary/aromatic N) is 4. The molecule has 3 heterocycles. The maximum Gasteiger partial charge on any atom is 0.317 e. The van der Waals surface area contributed by atoms with E-state index in [1.54, 1.807) is 0 Å². The van der Waals surface area contributed by atoms with E-state index in [1.807, 2.05) is 43.0 Å². The van der Waals surface area contributed by atoms with Crippen molar-refractivity contribution in [2.75, 3.05) is 52.4 Å². The highest BCUT2D eigenvalue weighted by atomic mass is 16.6. The summed E-state index contributed by atoms with van der Waals surface area (Å²) in [6, 6.07) is 8.03. The maximum absolute atomic E-state index is 11.0. The van der Waals surface area contributed by atoms with Gasteiger partial charge in [-0.05, 0) is 32.4 Å². The number of hydrogen-bond acceptors (Lipinski definition) is 7. The Morgan fingerprint density at radius 3 is 2.45 bits per heavy atom. The topological polar surface area (TPSA) is 102 Å². The van der Waals surface area contributed by atoms with Gasteiger partial charge < -0.3 is 19.6 Å². The molecule has 2 fully saturated rings. The Kier molecular flexibility index (Phi) is 7.62. The monoisotopic (exact) mass is 457 g/mol. The van der Waals surface area contributed by atoms with Crippen LogP contribution in [0, 0.1) is 5.41 Å². The van der Waals surface area contributed by atoms with Crippen LogP contribution in [-0.2, 0) is 14.4 Å². The standard InChI is InChI=1S/C24H35N5O4/c1-17-13-29(14-18(2)32-17)24(25)20-6-4-19(5-7-20)22-12-21(33-26-22)15-27-8-3-9-28(11-10-27)16-23(30)31/h4-7,17-18,21,25H,3,8-16H2,1-2H3,(H,30,31). The molecule has 180 valence electrons. The number of amidine groups is 1. The molecule has 0 amide bonds. The summed E-state index contributed by atoms with van der Waals surface area (Å²) < 4.78 is 5.78. The largest absolute Gasteiger partial charge is 0.480 e. The average Bonchev–Trinajstić information content (AvgIpc) is 3.13. The van der Waals surface area contributed by atoms with Gasteiger partial charge in [0.1, 0.15) is 11.9 Å². The second-order valence-corrected chi connectivity index (χ2v) is 9.38. The summed E-state index contributed by atoms with van der Waals surface area (Å²) in [7, 11) is 0. The van der Waals surface area contributed by atoms with Crippen LogP contribution in [0.2, 0.25) is 0 Å². The van der Waals surface area contributed by atoms with Gasteiger partial charge in [0.25, 0.3) is 0 Å². The molecule has 0 aliphatic carbocycles. The number of oxime groups is 1. The molecule has 9 nitrogen and oxygen atoms in total. The molecule has 4 rings (SSSR count). The molecule has 0 aromatic heterocycles. The van der Waals surface area contributed by atoms with Crippen molar-refractivity contribution in [2.45, 2.75) is 45.0 Å². The summed E-state index contributed by atoms with van der Waals surface area (Å²) >= 11 is 0. The highest BCUT2D eigenvalue weighted by molar-refractivity contribution is 6.02. The molecular weight excluding hydrogens is 422 g/mol. The van der Waals surface area contributed by atoms with Crippen molar-refractivity contribution in [3.8, 4) is 0 Å². The van der Waals surface area contributed by atoms with E-state index in [0.717, 1.165) is 75.5 Å². The molecule has 3 aliphatic rings. The van der Waals surface area contributed by atoms with Gasteiger partial charge in [0.05, 0.1) is 24.5 Å². The first-order valence-electron chi connectivity index (χ1n) is 11.9. The van der Waals surface area contributed by atoms with Crippen LogP contribution >= 0.6 is 0 Å². The molecule has 3 atom stereocenters. The SMILES string of the molecule is CC1CN(C(=N)c2ccc(C3=NOC(CN4CCCN(CC(=O)O)CC4)C3)cc2)CC(C)O1. The molecule has 0 radical (unpaired) electrons. The zero-order chi connectivity index (χ0) is 23.4. The number of benzene rings is 1. The lowest BCUT2D eigenvalue weighted by atomic mass is 10.0. The smallest absolute Gasteiger partial charge is 0.317 e. The van der Waals surface area contributed by atoms with Gasteiger partial charge in [-0.2, -0.15) is 0 Å². The highest BCUT2D eigenvalue weighted by Crippen LogP contribution is 2.20. The zero-order valence-electron chi connectivity index (χ0n) is 19.6. The van der Waals surface area contributed by atoms with Gasteiger partial charge in [-0.1, -0.05) is 29.4 Å². The fourth-order valence-corrected chi connectivity index (χ4v) is 4.90. The Hall–Kier alpha value is -2.49. The minimum atomic E-state index is -0.768. The Balaban J connectivity index is 1.28. The molecule has 1 aromatic carbocycles. The molecule has 3 unspecified atom stereocenters. The van der Waals surface area contributed by atoms with Crippen molar-refractivity contribution in [2.24, 2.45) is 5.16 Å². The van der Waals surface area contributed by atoms with Crippen LogP contribution in [0.25, 0.3) is 0 Å². The summed E-state index contributed by atoms with van der Waals surface area (Å²) in [4.78, 5) is 23.1. The molecular formula is C24H35N5O4. The quantitative estimate of drug-likeness (QED) is 0.495. The lowest BCUT2D eigenvalue weighted by Crippen LogP contribution is -2.48. The van der Waals surface area contributed by atoms with Crippen molar-refractivity contribution in [3.63, 3.8) is 0 Å². The third-order valence-corrected chi connectivity index (χ3v) is 6.46. The third kappa shape index (κ3) is 6.31. The first-order valence-corrected chi connectivity index (χ1v) is 11.9. The molecule has 9 heteroatoms. The van der Waals surface area contributed by atoms with E-state index in [9.17, 15) is 4.79 Å². The van der Waals surface area contributed by atoms with Gasteiger partial charge >= 0.3 is 5.97 Å². The molecule has 2 saturated heterocycles. The fourth-order valence-electron chi connectivity index (χ4n) is 4.90. The number of nitrogens with one attached hydrogen (secondary N) is 1. The molecule has 3 aliphatic heterocycles. The van der Waals surface area contributed by atoms with Crippen LogP contribution in [0.4, 0.5) is 0 Å². The minimum Gasteiger partial charge on any atom is -0.480 e. The van der Waals surface area contributed by atoms with Crippen molar-refractivity contribution in [3.05, 3.63) is 35.4 Å². The molecule has 0 saturated carbocycles.